The zero-order chi connectivity index (χ0) is 6.85. The maximum absolute atomic E-state index is 6.92. The highest BCUT2D eigenvalue weighted by atomic mass is 35.5. The van der Waals surface area contributed by atoms with Gasteiger partial charge in [0, 0.05) is 12.3 Å². The standard InChI is InChI=1S/C4H3ClN2/c5-4-6-2-1-3-7-4/h1-3H/i2D,3D. The predicted octanol–water partition coefficient (Wildman–Crippen LogP) is 1.13. The highest BCUT2D eigenvalue weighted by molar-refractivity contribution is 6.28. The quantitative estimate of drug-likeness (QED) is 0.475. The number of aromatic nitrogens is 2. The third-order valence-electron chi connectivity index (χ3n) is 0.443. The second-order valence-corrected chi connectivity index (χ2v) is 1.23. The van der Waals surface area contributed by atoms with E-state index in [1.54, 1.807) is 0 Å². The molecular weight excluding hydrogens is 112 g/mol. The summed E-state index contributed by atoms with van der Waals surface area (Å²) in [6.45, 7) is 0. The minimum Gasteiger partial charge on any atom is -0.227 e. The Labute approximate surface area is 49.0 Å². The second-order valence-electron chi connectivity index (χ2n) is 0.895. The summed E-state index contributed by atoms with van der Waals surface area (Å²) < 4.78 is 13.8. The Hall–Kier alpha value is -0.630. The Morgan fingerprint density at radius 3 is 2.57 bits per heavy atom. The molecule has 1 heterocycles. The lowest BCUT2D eigenvalue weighted by Crippen LogP contribution is -1.73. The fraction of sp³-hybridized carbons (Fsp3) is 0. The summed E-state index contributed by atoms with van der Waals surface area (Å²) in [5, 5.41) is -0.0486. The van der Waals surface area contributed by atoms with Gasteiger partial charge in [0.15, 0.2) is 0 Å². The molecule has 1 aromatic heterocycles. The first-order chi connectivity index (χ1) is 4.18. The van der Waals surface area contributed by atoms with Gasteiger partial charge in [-0.2, -0.15) is 0 Å². The number of nitrogens with zero attached hydrogens (tertiary/aromatic N) is 2. The molecule has 7 heavy (non-hydrogen) atoms. The van der Waals surface area contributed by atoms with E-state index in [-0.39, 0.29) is 17.6 Å². The van der Waals surface area contributed by atoms with Crippen molar-refractivity contribution in [1.29, 1.82) is 0 Å². The molecule has 36 valence electrons. The van der Waals surface area contributed by atoms with Crippen LogP contribution in [0.1, 0.15) is 2.74 Å². The van der Waals surface area contributed by atoms with E-state index in [1.807, 2.05) is 0 Å². The van der Waals surface area contributed by atoms with E-state index < -0.39 is 0 Å². The van der Waals surface area contributed by atoms with Gasteiger partial charge in [-0.3, -0.25) is 0 Å². The Morgan fingerprint density at radius 2 is 2.14 bits per heavy atom. The molecule has 0 aliphatic rings. The molecule has 0 saturated heterocycles. The van der Waals surface area contributed by atoms with Crippen LogP contribution in [0.25, 0.3) is 0 Å². The van der Waals surface area contributed by atoms with Crippen LogP contribution in [-0.2, 0) is 0 Å². The molecular formula is C4H3ClN2. The Bertz CT molecular complexity index is 177. The van der Waals surface area contributed by atoms with E-state index in [4.69, 9.17) is 14.3 Å². The van der Waals surface area contributed by atoms with Crippen LogP contribution in [0.15, 0.2) is 18.4 Å². The number of halogens is 1. The maximum Gasteiger partial charge on any atom is 0.222 e. The van der Waals surface area contributed by atoms with Gasteiger partial charge in [0.1, 0.15) is 0 Å². The van der Waals surface area contributed by atoms with Crippen LogP contribution >= 0.6 is 11.6 Å². The maximum atomic E-state index is 6.92. The minimum atomic E-state index is -0.0486. The Kier molecular flexibility index (Phi) is 0.707. The second kappa shape index (κ2) is 1.89. The number of hydrogen-bond acceptors (Lipinski definition) is 2. The van der Waals surface area contributed by atoms with Crippen LogP contribution in [0.4, 0.5) is 0 Å². The largest absolute Gasteiger partial charge is 0.227 e. The Morgan fingerprint density at radius 1 is 1.57 bits per heavy atom. The van der Waals surface area contributed by atoms with E-state index in [9.17, 15) is 0 Å². The third-order valence-corrected chi connectivity index (χ3v) is 0.612. The molecule has 2 nitrogen and oxygen atoms in total. The SMILES string of the molecule is [2H]c1cc([2H])nc(Cl)n1. The molecule has 0 fully saturated rings. The molecule has 0 radical (unpaired) electrons. The van der Waals surface area contributed by atoms with E-state index in [2.05, 4.69) is 9.97 Å². The normalized spacial score (nSPS) is 12.7. The number of rotatable bonds is 0. The first-order valence-electron chi connectivity index (χ1n) is 2.66. The van der Waals surface area contributed by atoms with Crippen molar-refractivity contribution in [3.63, 3.8) is 0 Å². The topological polar surface area (TPSA) is 25.8 Å². The van der Waals surface area contributed by atoms with Crippen molar-refractivity contribution in [3.05, 3.63) is 23.7 Å². The monoisotopic (exact) mass is 116 g/mol. The Balaban J connectivity index is 3.17. The molecule has 0 bridgehead atoms. The molecule has 0 N–H and O–H groups in total. The van der Waals surface area contributed by atoms with E-state index in [0.717, 1.165) is 0 Å². The summed E-state index contributed by atoms with van der Waals surface area (Å²) in [5.41, 5.74) is 0. The summed E-state index contributed by atoms with van der Waals surface area (Å²) in [6.07, 6.45) is -0.0556. The molecule has 0 aliphatic heterocycles. The first kappa shape index (κ1) is 2.62. The molecule has 1 rings (SSSR count). The predicted molar refractivity (Wildman–Crippen MR) is 27.0 cm³/mol. The van der Waals surface area contributed by atoms with Crippen molar-refractivity contribution in [1.82, 2.24) is 9.97 Å². The smallest absolute Gasteiger partial charge is 0.222 e. The molecule has 0 aromatic carbocycles. The van der Waals surface area contributed by atoms with Crippen molar-refractivity contribution in [3.8, 4) is 0 Å². The molecule has 0 spiro atoms. The van der Waals surface area contributed by atoms with Gasteiger partial charge >= 0.3 is 0 Å². The van der Waals surface area contributed by atoms with Crippen LogP contribution in [0.3, 0.4) is 0 Å². The van der Waals surface area contributed by atoms with Gasteiger partial charge < -0.3 is 0 Å². The van der Waals surface area contributed by atoms with E-state index in [0.29, 0.717) is 0 Å². The average molecular weight is 117 g/mol. The highest BCUT2D eigenvalue weighted by Crippen LogP contribution is 1.92. The van der Waals surface area contributed by atoms with Gasteiger partial charge in [-0.25, -0.2) is 9.97 Å². The molecule has 3 heteroatoms. The van der Waals surface area contributed by atoms with Crippen LogP contribution in [0, 0.1) is 0 Å². The van der Waals surface area contributed by atoms with Crippen LogP contribution in [0.5, 0.6) is 0 Å². The van der Waals surface area contributed by atoms with Crippen molar-refractivity contribution in [2.45, 2.75) is 0 Å². The lowest BCUT2D eigenvalue weighted by atomic mass is 10.7. The van der Waals surface area contributed by atoms with Gasteiger partial charge in [-0.15, -0.1) is 0 Å². The zero-order valence-corrected chi connectivity index (χ0v) is 4.11. The van der Waals surface area contributed by atoms with Gasteiger partial charge in [-0.1, -0.05) is 0 Å². The van der Waals surface area contributed by atoms with Crippen molar-refractivity contribution >= 4 is 11.6 Å². The van der Waals surface area contributed by atoms with Crippen molar-refractivity contribution in [2.24, 2.45) is 0 Å². The molecule has 1 aromatic rings. The lowest BCUT2D eigenvalue weighted by molar-refractivity contribution is 1.17. The summed E-state index contributed by atoms with van der Waals surface area (Å²) in [5.74, 6) is 0. The van der Waals surface area contributed by atoms with Gasteiger partial charge in [-0.05, 0) is 17.7 Å². The number of hydrogen-bond donors (Lipinski definition) is 0. The molecule has 0 saturated carbocycles. The summed E-state index contributed by atoms with van der Waals surface area (Å²) in [6, 6.07) is 1.21. The van der Waals surface area contributed by atoms with Gasteiger partial charge in [0.05, 0.1) is 2.74 Å². The minimum absolute atomic E-state index is 0.0278. The van der Waals surface area contributed by atoms with Gasteiger partial charge in [0.25, 0.3) is 0 Å². The third kappa shape index (κ3) is 1.12. The lowest BCUT2D eigenvalue weighted by Gasteiger charge is -1.78. The molecule has 0 aliphatic carbocycles. The molecule has 0 amide bonds. The fourth-order valence-corrected chi connectivity index (χ4v) is 0.323. The summed E-state index contributed by atoms with van der Waals surface area (Å²) in [4.78, 5) is 6.87. The average Bonchev–Trinajstić information content (AvgIpc) is 1.59. The first-order valence-corrected chi connectivity index (χ1v) is 2.04. The van der Waals surface area contributed by atoms with Crippen molar-refractivity contribution < 1.29 is 2.74 Å². The van der Waals surface area contributed by atoms with Crippen molar-refractivity contribution in [2.75, 3.05) is 0 Å². The van der Waals surface area contributed by atoms with Crippen LogP contribution < -0.4 is 0 Å². The highest BCUT2D eigenvalue weighted by Gasteiger charge is 1.78. The van der Waals surface area contributed by atoms with E-state index in [1.165, 1.54) is 6.07 Å². The zero-order valence-electron chi connectivity index (χ0n) is 5.35. The summed E-state index contributed by atoms with van der Waals surface area (Å²) in [7, 11) is 0. The summed E-state index contributed by atoms with van der Waals surface area (Å²) >= 11 is 5.29. The van der Waals surface area contributed by atoms with Crippen LogP contribution in [-0.4, -0.2) is 9.97 Å². The fourth-order valence-electron chi connectivity index (χ4n) is 0.225. The molecule has 0 unspecified atom stereocenters. The van der Waals surface area contributed by atoms with Crippen LogP contribution in [0.2, 0.25) is 5.28 Å². The van der Waals surface area contributed by atoms with E-state index >= 15 is 0 Å². The molecule has 0 atom stereocenters. The van der Waals surface area contributed by atoms with Gasteiger partial charge in [0.2, 0.25) is 5.28 Å².